The van der Waals surface area contributed by atoms with Gasteiger partial charge in [-0.2, -0.15) is 4.99 Å². The van der Waals surface area contributed by atoms with E-state index in [0.717, 1.165) is 0 Å². The number of hydrogen-bond donors (Lipinski definition) is 6. The summed E-state index contributed by atoms with van der Waals surface area (Å²) < 4.78 is 0. The summed E-state index contributed by atoms with van der Waals surface area (Å²) in [5, 5.41) is 27.8. The fourth-order valence-corrected chi connectivity index (χ4v) is 3.64. The Morgan fingerprint density at radius 2 is 1.87 bits per heavy atom. The number of rotatable bonds is 10. The second-order valence-corrected chi connectivity index (χ2v) is 8.49. The number of hydrogen-bond acceptors (Lipinski definition) is 13. The number of benzene rings is 1. The number of anilines is 1. The zero-order chi connectivity index (χ0) is 28.1. The van der Waals surface area contributed by atoms with Gasteiger partial charge in [-0.3, -0.25) is 14.4 Å². The van der Waals surface area contributed by atoms with Crippen LogP contribution < -0.4 is 21.7 Å². The first-order valence-electron chi connectivity index (χ1n) is 11.7. The summed E-state index contributed by atoms with van der Waals surface area (Å²) in [6, 6.07) is 4.72. The highest BCUT2D eigenvalue weighted by Gasteiger charge is 2.33. The second kappa shape index (κ2) is 11.5. The minimum atomic E-state index is -1.42. The molecule has 0 bridgehead atoms. The molecule has 2 aliphatic heterocycles. The molecule has 16 heteroatoms. The van der Waals surface area contributed by atoms with Crippen molar-refractivity contribution in [3.8, 4) is 0 Å². The lowest BCUT2D eigenvalue weighted by Gasteiger charge is -2.19. The van der Waals surface area contributed by atoms with E-state index >= 15 is 0 Å². The molecular weight excluding hydrogens is 516 g/mol. The van der Waals surface area contributed by atoms with Gasteiger partial charge in [0.15, 0.2) is 18.0 Å². The Hall–Kier alpha value is -5.12. The van der Waals surface area contributed by atoms with Gasteiger partial charge in [-0.1, -0.05) is 0 Å². The summed E-state index contributed by atoms with van der Waals surface area (Å²) in [5.41, 5.74) is 7.08. The molecule has 3 amide bonds. The summed E-state index contributed by atoms with van der Waals surface area (Å²) in [5.74, 6) is -4.09. The third-order valence-electron chi connectivity index (χ3n) is 5.66. The normalized spacial score (nSPS) is 17.0. The number of aromatic nitrogens is 2. The Balaban J connectivity index is 1.28. The molecule has 2 aromatic rings. The van der Waals surface area contributed by atoms with Gasteiger partial charge in [0, 0.05) is 24.1 Å². The number of nitrogens with one attached hydrogen (secondary N) is 3. The van der Waals surface area contributed by atoms with Crippen LogP contribution in [0.2, 0.25) is 0 Å². The number of amides is 3. The van der Waals surface area contributed by atoms with Crippen molar-refractivity contribution in [2.45, 2.75) is 44.5 Å². The van der Waals surface area contributed by atoms with Crippen molar-refractivity contribution >= 4 is 47.1 Å². The number of carboxylic acids is 1. The third kappa shape index (κ3) is 6.61. The number of carbonyl (C=O) groups excluding carboxylic acids is 4. The van der Waals surface area contributed by atoms with Crippen LogP contribution in [0, 0.1) is 0 Å². The molecule has 3 heterocycles. The Kier molecular flexibility index (Phi) is 7.95. The summed E-state index contributed by atoms with van der Waals surface area (Å²) in [6.45, 7) is 0.240. The largest absolute Gasteiger partial charge is 0.480 e. The molecule has 16 nitrogen and oxygen atoms in total. The molecule has 39 heavy (non-hydrogen) atoms. The Morgan fingerprint density at radius 3 is 2.54 bits per heavy atom. The molecule has 1 aromatic carbocycles. The molecular formula is C23H24N8O8. The number of aliphatic carboxylic acids is 1. The molecule has 0 saturated carbocycles. The zero-order valence-corrected chi connectivity index (χ0v) is 20.3. The van der Waals surface area contributed by atoms with Crippen LogP contribution in [0.15, 0.2) is 35.5 Å². The maximum atomic E-state index is 12.6. The first-order chi connectivity index (χ1) is 18.6. The summed E-state index contributed by atoms with van der Waals surface area (Å²) in [7, 11) is 0. The summed E-state index contributed by atoms with van der Waals surface area (Å²) >= 11 is 0. The van der Waals surface area contributed by atoms with Crippen molar-refractivity contribution < 1.29 is 39.0 Å². The molecule has 1 aromatic heterocycles. The smallest absolute Gasteiger partial charge is 0.333 e. The van der Waals surface area contributed by atoms with Gasteiger partial charge in [0.05, 0.1) is 24.9 Å². The van der Waals surface area contributed by atoms with E-state index in [-0.39, 0.29) is 48.8 Å². The standard InChI is InChI=1S/C23H24N8O8/c24-23-29-19-18(21(36)30-23)27-13(10-26-19)9-25-12-3-1-11(2-4-12)20(35)28-14(22(37)38)5-8-17(34)39-31-15(32)6-7-16(31)33/h1-4,10,14,21,25,36H,5-9H2,(H,28,35)(H,37,38)(H3,24,26,29,30)/t14-,21?/m0/s1. The predicted molar refractivity (Wildman–Crippen MR) is 130 cm³/mol. The Morgan fingerprint density at radius 1 is 1.18 bits per heavy atom. The number of guanidine groups is 1. The first kappa shape index (κ1) is 26.9. The molecule has 1 fully saturated rings. The lowest BCUT2D eigenvalue weighted by Crippen LogP contribution is -2.41. The van der Waals surface area contributed by atoms with Crippen LogP contribution >= 0.6 is 0 Å². The van der Waals surface area contributed by atoms with Crippen LogP contribution in [0.4, 0.5) is 11.5 Å². The summed E-state index contributed by atoms with van der Waals surface area (Å²) in [4.78, 5) is 76.3. The molecule has 2 aliphatic rings. The number of nitrogens with two attached hydrogens (primary N) is 1. The molecule has 204 valence electrons. The molecule has 2 atom stereocenters. The third-order valence-corrected chi connectivity index (χ3v) is 5.66. The van der Waals surface area contributed by atoms with E-state index in [1.807, 2.05) is 0 Å². The molecule has 1 unspecified atom stereocenters. The monoisotopic (exact) mass is 540 g/mol. The number of carboxylic acid groups (broad SMARTS) is 1. The lowest BCUT2D eigenvalue weighted by atomic mass is 10.1. The van der Waals surface area contributed by atoms with Gasteiger partial charge in [0.2, 0.25) is 0 Å². The van der Waals surface area contributed by atoms with Crippen molar-refractivity contribution in [2.75, 3.05) is 5.32 Å². The fraction of sp³-hybridized carbons (Fsp3) is 0.304. The molecule has 7 N–H and O–H groups in total. The highest BCUT2D eigenvalue weighted by atomic mass is 16.7. The number of aliphatic imine (C=N–C) groups is 1. The van der Waals surface area contributed by atoms with Crippen LogP contribution in [0.3, 0.4) is 0 Å². The number of hydroxylamine groups is 2. The first-order valence-corrected chi connectivity index (χ1v) is 11.7. The van der Waals surface area contributed by atoms with Gasteiger partial charge in [0.1, 0.15) is 11.7 Å². The van der Waals surface area contributed by atoms with Crippen LogP contribution in [-0.2, 0) is 30.6 Å². The fourth-order valence-electron chi connectivity index (χ4n) is 3.64. The van der Waals surface area contributed by atoms with Gasteiger partial charge in [-0.15, -0.1) is 5.06 Å². The molecule has 0 radical (unpaired) electrons. The maximum Gasteiger partial charge on any atom is 0.333 e. The number of carbonyl (C=O) groups is 5. The van der Waals surface area contributed by atoms with E-state index in [1.54, 1.807) is 12.1 Å². The Bertz CT molecular complexity index is 1330. The van der Waals surface area contributed by atoms with Gasteiger partial charge >= 0.3 is 11.9 Å². The van der Waals surface area contributed by atoms with Crippen LogP contribution in [0.5, 0.6) is 0 Å². The molecule has 0 aliphatic carbocycles. The molecule has 0 spiro atoms. The number of fused-ring (bicyclic) bond motifs is 1. The molecule has 4 rings (SSSR count). The SMILES string of the molecule is NC1=Nc2ncc(CNc3ccc(C(=O)N[C@@H](CCC(=O)ON4C(=O)CCC4=O)C(=O)O)cc3)nc2C(O)N1. The Labute approximate surface area is 220 Å². The quantitative estimate of drug-likeness (QED) is 0.203. The summed E-state index contributed by atoms with van der Waals surface area (Å²) in [6.07, 6.45) is -0.560. The number of aliphatic hydroxyl groups is 1. The lowest BCUT2D eigenvalue weighted by molar-refractivity contribution is -0.197. The van der Waals surface area contributed by atoms with Crippen molar-refractivity contribution in [3.63, 3.8) is 0 Å². The van der Waals surface area contributed by atoms with Crippen molar-refractivity contribution in [1.82, 2.24) is 25.7 Å². The predicted octanol–water partition coefficient (Wildman–Crippen LogP) is -0.801. The minimum absolute atomic E-state index is 0.0318. The van der Waals surface area contributed by atoms with Crippen LogP contribution in [0.1, 0.15) is 53.7 Å². The average molecular weight is 540 g/mol. The zero-order valence-electron chi connectivity index (χ0n) is 20.3. The van der Waals surface area contributed by atoms with Gasteiger partial charge < -0.3 is 36.7 Å². The number of imide groups is 1. The highest BCUT2D eigenvalue weighted by Crippen LogP contribution is 2.23. The van der Waals surface area contributed by atoms with Crippen molar-refractivity contribution in [2.24, 2.45) is 10.7 Å². The van der Waals surface area contributed by atoms with E-state index in [1.165, 1.54) is 18.3 Å². The second-order valence-electron chi connectivity index (χ2n) is 8.49. The van der Waals surface area contributed by atoms with Crippen LogP contribution in [0.25, 0.3) is 0 Å². The van der Waals surface area contributed by atoms with E-state index in [4.69, 9.17) is 10.6 Å². The van der Waals surface area contributed by atoms with Gasteiger partial charge in [-0.05, 0) is 30.7 Å². The van der Waals surface area contributed by atoms with E-state index in [0.29, 0.717) is 16.4 Å². The van der Waals surface area contributed by atoms with Gasteiger partial charge in [-0.25, -0.2) is 19.6 Å². The van der Waals surface area contributed by atoms with Crippen molar-refractivity contribution in [3.05, 3.63) is 47.4 Å². The van der Waals surface area contributed by atoms with E-state index in [2.05, 4.69) is 30.9 Å². The number of aliphatic hydroxyl groups excluding tert-OH is 1. The van der Waals surface area contributed by atoms with Crippen LogP contribution in [-0.4, -0.2) is 66.9 Å². The van der Waals surface area contributed by atoms with E-state index < -0.39 is 48.4 Å². The van der Waals surface area contributed by atoms with Gasteiger partial charge in [0.25, 0.3) is 17.7 Å². The molecule has 1 saturated heterocycles. The minimum Gasteiger partial charge on any atom is -0.480 e. The number of nitrogens with zero attached hydrogens (tertiary/aromatic N) is 4. The topological polar surface area (TPSA) is 239 Å². The highest BCUT2D eigenvalue weighted by molar-refractivity contribution is 6.01. The maximum absolute atomic E-state index is 12.6. The van der Waals surface area contributed by atoms with E-state index in [9.17, 15) is 34.2 Å². The van der Waals surface area contributed by atoms with Crippen molar-refractivity contribution in [1.29, 1.82) is 0 Å². The average Bonchev–Trinajstić information content (AvgIpc) is 3.22.